The third-order valence-electron chi connectivity index (χ3n) is 2.01. The van der Waals surface area contributed by atoms with Gasteiger partial charge in [0, 0.05) is 24.2 Å². The van der Waals surface area contributed by atoms with Crippen LogP contribution in [0.3, 0.4) is 0 Å². The van der Waals surface area contributed by atoms with Gasteiger partial charge in [-0.25, -0.2) is 0 Å². The molecule has 3 nitrogen and oxygen atoms in total. The molecular weight excluding hydrogens is 176 g/mol. The Balaban J connectivity index is 2.55. The number of pyridine rings is 2. The summed E-state index contributed by atoms with van der Waals surface area (Å²) in [5.74, 6) is 0. The summed E-state index contributed by atoms with van der Waals surface area (Å²) in [7, 11) is 0. The molecular formula is C11H10N2O. The lowest BCUT2D eigenvalue weighted by Gasteiger charge is -2.00. The first kappa shape index (κ1) is 8.69. The highest BCUT2D eigenvalue weighted by molar-refractivity contribution is 5.62. The summed E-state index contributed by atoms with van der Waals surface area (Å²) < 4.78 is 0. The zero-order chi connectivity index (χ0) is 9.97. The molecule has 0 aliphatic rings. The average Bonchev–Trinajstić information content (AvgIpc) is 2.18. The summed E-state index contributed by atoms with van der Waals surface area (Å²) in [6.45, 7) is 1.93. The van der Waals surface area contributed by atoms with Gasteiger partial charge in [0.25, 0.3) is 0 Å². The number of H-pyrrole nitrogens is 1. The Hall–Kier alpha value is -1.90. The smallest absolute Gasteiger partial charge is 0.248 e. The second-order valence-corrected chi connectivity index (χ2v) is 3.13. The Morgan fingerprint density at radius 2 is 2.00 bits per heavy atom. The summed E-state index contributed by atoms with van der Waals surface area (Å²) in [6, 6.07) is 7.29. The predicted octanol–water partition coefficient (Wildman–Crippen LogP) is 1.75. The average molecular weight is 186 g/mol. The van der Waals surface area contributed by atoms with Crippen molar-refractivity contribution in [3.63, 3.8) is 0 Å². The van der Waals surface area contributed by atoms with E-state index in [0.29, 0.717) is 0 Å². The fourth-order valence-corrected chi connectivity index (χ4v) is 1.35. The summed E-state index contributed by atoms with van der Waals surface area (Å²) in [4.78, 5) is 17.8. The van der Waals surface area contributed by atoms with Gasteiger partial charge < -0.3 is 4.98 Å². The molecule has 0 fully saturated rings. The van der Waals surface area contributed by atoms with Crippen molar-refractivity contribution in [2.45, 2.75) is 6.92 Å². The van der Waals surface area contributed by atoms with E-state index in [4.69, 9.17) is 0 Å². The molecule has 0 bridgehead atoms. The molecule has 2 rings (SSSR count). The van der Waals surface area contributed by atoms with E-state index >= 15 is 0 Å². The number of nitrogens with zero attached hydrogens (tertiary/aromatic N) is 1. The minimum atomic E-state index is -0.0861. The van der Waals surface area contributed by atoms with Gasteiger partial charge in [-0.1, -0.05) is 0 Å². The number of rotatable bonds is 1. The molecule has 0 atom stereocenters. The van der Waals surface area contributed by atoms with Crippen molar-refractivity contribution >= 4 is 0 Å². The van der Waals surface area contributed by atoms with Gasteiger partial charge in [-0.3, -0.25) is 9.78 Å². The molecule has 0 saturated heterocycles. The summed E-state index contributed by atoms with van der Waals surface area (Å²) in [6.07, 6.45) is 3.39. The third-order valence-corrected chi connectivity index (χ3v) is 2.01. The van der Waals surface area contributed by atoms with E-state index in [9.17, 15) is 4.79 Å². The number of aryl methyl sites for hydroxylation is 1. The number of hydrogen-bond donors (Lipinski definition) is 1. The first-order valence-corrected chi connectivity index (χ1v) is 4.37. The monoisotopic (exact) mass is 186 g/mol. The van der Waals surface area contributed by atoms with Crippen LogP contribution in [0.25, 0.3) is 11.1 Å². The highest BCUT2D eigenvalue weighted by Gasteiger charge is 1.97. The van der Waals surface area contributed by atoms with Crippen molar-refractivity contribution in [2.75, 3.05) is 0 Å². The third kappa shape index (κ3) is 1.71. The van der Waals surface area contributed by atoms with E-state index in [0.717, 1.165) is 16.8 Å². The highest BCUT2D eigenvalue weighted by atomic mass is 16.1. The molecule has 0 aliphatic carbocycles. The first-order valence-electron chi connectivity index (χ1n) is 4.37. The van der Waals surface area contributed by atoms with Gasteiger partial charge in [-0.05, 0) is 36.2 Å². The molecule has 70 valence electrons. The van der Waals surface area contributed by atoms with Crippen molar-refractivity contribution in [3.8, 4) is 11.1 Å². The second-order valence-electron chi connectivity index (χ2n) is 3.13. The van der Waals surface area contributed by atoms with Gasteiger partial charge in [0.15, 0.2) is 0 Å². The van der Waals surface area contributed by atoms with Crippen molar-refractivity contribution in [1.29, 1.82) is 0 Å². The Morgan fingerprint density at radius 3 is 2.71 bits per heavy atom. The van der Waals surface area contributed by atoms with Gasteiger partial charge in [0.05, 0.1) is 0 Å². The van der Waals surface area contributed by atoms with Crippen LogP contribution in [0.1, 0.15) is 5.69 Å². The van der Waals surface area contributed by atoms with Crippen LogP contribution < -0.4 is 5.56 Å². The lowest BCUT2D eigenvalue weighted by molar-refractivity contribution is 1.20. The van der Waals surface area contributed by atoms with Crippen molar-refractivity contribution in [1.82, 2.24) is 9.97 Å². The van der Waals surface area contributed by atoms with Gasteiger partial charge in [-0.2, -0.15) is 0 Å². The lowest BCUT2D eigenvalue weighted by Crippen LogP contribution is -2.02. The van der Waals surface area contributed by atoms with Crippen molar-refractivity contribution in [2.24, 2.45) is 0 Å². The number of nitrogens with one attached hydrogen (secondary N) is 1. The molecule has 2 heterocycles. The Morgan fingerprint density at radius 1 is 1.21 bits per heavy atom. The molecule has 0 spiro atoms. The van der Waals surface area contributed by atoms with Crippen LogP contribution in [-0.2, 0) is 0 Å². The van der Waals surface area contributed by atoms with Crippen LogP contribution in [0.4, 0.5) is 0 Å². The molecule has 0 radical (unpaired) electrons. The van der Waals surface area contributed by atoms with E-state index in [2.05, 4.69) is 9.97 Å². The maximum absolute atomic E-state index is 11.1. The van der Waals surface area contributed by atoms with Crippen molar-refractivity contribution in [3.05, 3.63) is 52.7 Å². The van der Waals surface area contributed by atoms with Crippen LogP contribution in [0.2, 0.25) is 0 Å². The number of aromatic nitrogens is 2. The van der Waals surface area contributed by atoms with Gasteiger partial charge in [0.1, 0.15) is 0 Å². The van der Waals surface area contributed by atoms with Gasteiger partial charge >= 0.3 is 0 Å². The minimum absolute atomic E-state index is 0.0861. The molecule has 0 unspecified atom stereocenters. The molecule has 3 heteroatoms. The SMILES string of the molecule is Cc1cc(-c2cc[nH]c(=O)c2)ccn1. The Bertz CT molecular complexity index is 502. The molecule has 0 saturated carbocycles. The van der Waals surface area contributed by atoms with Crippen LogP contribution in [0.5, 0.6) is 0 Å². The molecule has 0 amide bonds. The highest BCUT2D eigenvalue weighted by Crippen LogP contribution is 2.16. The van der Waals surface area contributed by atoms with Gasteiger partial charge in [0.2, 0.25) is 5.56 Å². The van der Waals surface area contributed by atoms with E-state index in [1.165, 1.54) is 0 Å². The lowest BCUT2D eigenvalue weighted by atomic mass is 10.1. The Kier molecular flexibility index (Phi) is 2.14. The van der Waals surface area contributed by atoms with E-state index in [1.807, 2.05) is 25.1 Å². The largest absolute Gasteiger partial charge is 0.329 e. The standard InChI is InChI=1S/C11H10N2O/c1-8-6-9(2-4-12-8)10-3-5-13-11(14)7-10/h2-7H,1H3,(H,13,14). The maximum atomic E-state index is 11.1. The summed E-state index contributed by atoms with van der Waals surface area (Å²) in [5, 5.41) is 0. The normalized spacial score (nSPS) is 10.1. The molecule has 0 aromatic carbocycles. The quantitative estimate of drug-likeness (QED) is 0.737. The van der Waals surface area contributed by atoms with E-state index in [-0.39, 0.29) is 5.56 Å². The van der Waals surface area contributed by atoms with Crippen LogP contribution in [-0.4, -0.2) is 9.97 Å². The summed E-state index contributed by atoms with van der Waals surface area (Å²) >= 11 is 0. The second kappa shape index (κ2) is 3.46. The number of aromatic amines is 1. The van der Waals surface area contributed by atoms with Gasteiger partial charge in [-0.15, -0.1) is 0 Å². The molecule has 1 N–H and O–H groups in total. The zero-order valence-electron chi connectivity index (χ0n) is 7.82. The molecule has 2 aromatic heterocycles. The van der Waals surface area contributed by atoms with Crippen LogP contribution in [0, 0.1) is 6.92 Å². The Labute approximate surface area is 81.5 Å². The fraction of sp³-hybridized carbons (Fsp3) is 0.0909. The fourth-order valence-electron chi connectivity index (χ4n) is 1.35. The molecule has 0 aliphatic heterocycles. The van der Waals surface area contributed by atoms with E-state index < -0.39 is 0 Å². The topological polar surface area (TPSA) is 45.8 Å². The van der Waals surface area contributed by atoms with Crippen LogP contribution in [0.15, 0.2) is 41.5 Å². The zero-order valence-corrected chi connectivity index (χ0v) is 7.82. The summed E-state index contributed by atoms with van der Waals surface area (Å²) in [5.41, 5.74) is 2.79. The van der Waals surface area contributed by atoms with Crippen molar-refractivity contribution < 1.29 is 0 Å². The van der Waals surface area contributed by atoms with Crippen LogP contribution >= 0.6 is 0 Å². The molecule has 2 aromatic rings. The number of hydrogen-bond acceptors (Lipinski definition) is 2. The molecule has 14 heavy (non-hydrogen) atoms. The first-order chi connectivity index (χ1) is 6.75. The minimum Gasteiger partial charge on any atom is -0.329 e. The van der Waals surface area contributed by atoms with E-state index in [1.54, 1.807) is 18.5 Å². The predicted molar refractivity (Wildman–Crippen MR) is 55.0 cm³/mol. The maximum Gasteiger partial charge on any atom is 0.248 e.